The van der Waals surface area contributed by atoms with Gasteiger partial charge in [0.05, 0.1) is 6.26 Å². The van der Waals surface area contributed by atoms with E-state index in [-0.39, 0.29) is 6.10 Å². The Morgan fingerprint density at radius 3 is 2.81 bits per heavy atom. The molecule has 2 aromatic rings. The Balaban J connectivity index is 1.95. The highest BCUT2D eigenvalue weighted by molar-refractivity contribution is 5.31. The highest BCUT2D eigenvalue weighted by Crippen LogP contribution is 2.35. The van der Waals surface area contributed by atoms with Crippen molar-refractivity contribution in [1.82, 2.24) is 0 Å². The SMILES string of the molecule is OC1OC(c2ccco2)Cc2ccccc21. The topological polar surface area (TPSA) is 42.6 Å². The highest BCUT2D eigenvalue weighted by Gasteiger charge is 2.28. The molecule has 0 fully saturated rings. The molecule has 3 heteroatoms. The van der Waals surface area contributed by atoms with E-state index in [2.05, 4.69) is 0 Å². The van der Waals surface area contributed by atoms with Gasteiger partial charge in [0.2, 0.25) is 0 Å². The highest BCUT2D eigenvalue weighted by atomic mass is 16.6. The first kappa shape index (κ1) is 9.63. The lowest BCUT2D eigenvalue weighted by Crippen LogP contribution is -2.19. The largest absolute Gasteiger partial charge is 0.467 e. The van der Waals surface area contributed by atoms with E-state index in [9.17, 15) is 5.11 Å². The van der Waals surface area contributed by atoms with Crippen molar-refractivity contribution >= 4 is 0 Å². The first-order valence-corrected chi connectivity index (χ1v) is 5.29. The summed E-state index contributed by atoms with van der Waals surface area (Å²) >= 11 is 0. The minimum atomic E-state index is -0.861. The molecule has 1 aliphatic rings. The van der Waals surface area contributed by atoms with Crippen LogP contribution in [0.4, 0.5) is 0 Å². The number of rotatable bonds is 1. The first-order valence-electron chi connectivity index (χ1n) is 5.29. The van der Waals surface area contributed by atoms with E-state index in [1.54, 1.807) is 6.26 Å². The summed E-state index contributed by atoms with van der Waals surface area (Å²) in [5.74, 6) is 0.758. The van der Waals surface area contributed by atoms with Gasteiger partial charge >= 0.3 is 0 Å². The maximum Gasteiger partial charge on any atom is 0.182 e. The van der Waals surface area contributed by atoms with E-state index in [0.717, 1.165) is 23.3 Å². The second-order valence-corrected chi connectivity index (χ2v) is 3.90. The molecule has 1 aromatic carbocycles. The van der Waals surface area contributed by atoms with Crippen LogP contribution in [0.3, 0.4) is 0 Å². The zero-order valence-electron chi connectivity index (χ0n) is 8.67. The van der Waals surface area contributed by atoms with Crippen molar-refractivity contribution in [2.24, 2.45) is 0 Å². The summed E-state index contributed by atoms with van der Waals surface area (Å²) in [6.07, 6.45) is 1.30. The summed E-state index contributed by atoms with van der Waals surface area (Å²) in [5.41, 5.74) is 1.97. The van der Waals surface area contributed by atoms with Gasteiger partial charge in [-0.1, -0.05) is 24.3 Å². The zero-order valence-corrected chi connectivity index (χ0v) is 8.67. The second kappa shape index (κ2) is 3.77. The number of hydrogen-bond donors (Lipinski definition) is 1. The molecular weight excluding hydrogens is 204 g/mol. The predicted octanol–water partition coefficient (Wildman–Crippen LogP) is 2.58. The number of fused-ring (bicyclic) bond motifs is 1. The van der Waals surface area contributed by atoms with Gasteiger partial charge in [0.15, 0.2) is 6.29 Å². The van der Waals surface area contributed by atoms with Gasteiger partial charge in [0, 0.05) is 12.0 Å². The molecule has 0 amide bonds. The van der Waals surface area contributed by atoms with Crippen LogP contribution in [0.15, 0.2) is 47.1 Å². The van der Waals surface area contributed by atoms with Crippen LogP contribution in [0.2, 0.25) is 0 Å². The normalized spacial score (nSPS) is 24.1. The third-order valence-electron chi connectivity index (χ3n) is 2.88. The number of aliphatic hydroxyl groups is 1. The maximum absolute atomic E-state index is 9.87. The molecule has 0 bridgehead atoms. The molecule has 1 N–H and O–H groups in total. The van der Waals surface area contributed by atoms with Gasteiger partial charge in [-0.05, 0) is 17.7 Å². The quantitative estimate of drug-likeness (QED) is 0.796. The van der Waals surface area contributed by atoms with E-state index < -0.39 is 6.29 Å². The van der Waals surface area contributed by atoms with Crippen LogP contribution in [0.1, 0.15) is 29.3 Å². The molecule has 16 heavy (non-hydrogen) atoms. The number of benzene rings is 1. The van der Waals surface area contributed by atoms with Crippen molar-refractivity contribution in [3.05, 3.63) is 59.5 Å². The van der Waals surface area contributed by atoms with E-state index >= 15 is 0 Å². The molecule has 1 aliphatic heterocycles. The Bertz CT molecular complexity index is 476. The smallest absolute Gasteiger partial charge is 0.182 e. The number of hydrogen-bond acceptors (Lipinski definition) is 3. The standard InChI is InChI=1S/C13H12O3/c14-13-10-5-2-1-4-9(10)8-12(16-13)11-6-3-7-15-11/h1-7,12-14H,8H2. The van der Waals surface area contributed by atoms with Gasteiger partial charge in [0.25, 0.3) is 0 Å². The molecule has 3 rings (SSSR count). The summed E-state index contributed by atoms with van der Waals surface area (Å²) in [4.78, 5) is 0. The van der Waals surface area contributed by atoms with E-state index in [1.807, 2.05) is 36.4 Å². The summed E-state index contributed by atoms with van der Waals surface area (Å²) in [6.45, 7) is 0. The van der Waals surface area contributed by atoms with Gasteiger partial charge in [0.1, 0.15) is 11.9 Å². The third-order valence-corrected chi connectivity index (χ3v) is 2.88. The lowest BCUT2D eigenvalue weighted by Gasteiger charge is -2.27. The van der Waals surface area contributed by atoms with Crippen LogP contribution in [-0.4, -0.2) is 5.11 Å². The lowest BCUT2D eigenvalue weighted by atomic mass is 9.97. The maximum atomic E-state index is 9.87. The Hall–Kier alpha value is -1.58. The molecule has 2 heterocycles. The van der Waals surface area contributed by atoms with Crippen LogP contribution in [0.5, 0.6) is 0 Å². The summed E-state index contributed by atoms with van der Waals surface area (Å²) in [7, 11) is 0. The van der Waals surface area contributed by atoms with E-state index in [4.69, 9.17) is 9.15 Å². The summed E-state index contributed by atoms with van der Waals surface area (Å²) in [6, 6.07) is 11.5. The predicted molar refractivity (Wildman–Crippen MR) is 57.6 cm³/mol. The number of ether oxygens (including phenoxy) is 1. The van der Waals surface area contributed by atoms with Gasteiger partial charge in [-0.25, -0.2) is 0 Å². The molecule has 0 spiro atoms. The van der Waals surface area contributed by atoms with Gasteiger partial charge in [-0.15, -0.1) is 0 Å². The van der Waals surface area contributed by atoms with Gasteiger partial charge in [-0.3, -0.25) is 0 Å². The second-order valence-electron chi connectivity index (χ2n) is 3.90. The Labute approximate surface area is 93.3 Å². The Kier molecular flexibility index (Phi) is 2.27. The van der Waals surface area contributed by atoms with E-state index in [0.29, 0.717) is 0 Å². The van der Waals surface area contributed by atoms with Crippen LogP contribution < -0.4 is 0 Å². The molecule has 0 aliphatic carbocycles. The number of aliphatic hydroxyl groups excluding tert-OH is 1. The Morgan fingerprint density at radius 1 is 1.12 bits per heavy atom. The number of furan rings is 1. The first-order chi connectivity index (χ1) is 7.84. The average Bonchev–Trinajstić information content (AvgIpc) is 2.82. The Morgan fingerprint density at radius 2 is 2.00 bits per heavy atom. The average molecular weight is 216 g/mol. The van der Waals surface area contributed by atoms with E-state index in [1.165, 1.54) is 0 Å². The lowest BCUT2D eigenvalue weighted by molar-refractivity contribution is -0.156. The van der Waals surface area contributed by atoms with Crippen LogP contribution in [0, 0.1) is 0 Å². The minimum Gasteiger partial charge on any atom is -0.467 e. The third kappa shape index (κ3) is 1.54. The van der Waals surface area contributed by atoms with Crippen LogP contribution in [-0.2, 0) is 11.2 Å². The van der Waals surface area contributed by atoms with Crippen molar-refractivity contribution in [3.8, 4) is 0 Å². The molecule has 3 nitrogen and oxygen atoms in total. The molecule has 0 radical (unpaired) electrons. The minimum absolute atomic E-state index is 0.195. The molecule has 0 saturated heterocycles. The fourth-order valence-corrected chi connectivity index (χ4v) is 2.08. The molecule has 1 aromatic heterocycles. The zero-order chi connectivity index (χ0) is 11.0. The summed E-state index contributed by atoms with van der Waals surface area (Å²) in [5, 5.41) is 9.87. The molecule has 2 unspecified atom stereocenters. The van der Waals surface area contributed by atoms with Crippen LogP contribution in [0.25, 0.3) is 0 Å². The summed E-state index contributed by atoms with van der Waals surface area (Å²) < 4.78 is 10.8. The molecule has 2 atom stereocenters. The fourth-order valence-electron chi connectivity index (χ4n) is 2.08. The van der Waals surface area contributed by atoms with Crippen molar-refractivity contribution < 1.29 is 14.3 Å². The molecule has 82 valence electrons. The molecule has 0 saturated carbocycles. The van der Waals surface area contributed by atoms with Gasteiger partial charge < -0.3 is 14.3 Å². The fraction of sp³-hybridized carbons (Fsp3) is 0.231. The van der Waals surface area contributed by atoms with Crippen molar-refractivity contribution in [2.45, 2.75) is 18.8 Å². The monoisotopic (exact) mass is 216 g/mol. The van der Waals surface area contributed by atoms with Crippen molar-refractivity contribution in [3.63, 3.8) is 0 Å². The van der Waals surface area contributed by atoms with Crippen LogP contribution >= 0.6 is 0 Å². The van der Waals surface area contributed by atoms with Gasteiger partial charge in [-0.2, -0.15) is 0 Å². The van der Waals surface area contributed by atoms with Crippen molar-refractivity contribution in [1.29, 1.82) is 0 Å². The molecular formula is C13H12O3. The van der Waals surface area contributed by atoms with Crippen molar-refractivity contribution in [2.75, 3.05) is 0 Å².